The molecule has 1 aliphatic rings. The van der Waals surface area contributed by atoms with Crippen LogP contribution in [-0.4, -0.2) is 35.8 Å². The minimum atomic E-state index is -0.609. The highest BCUT2D eigenvalue weighted by Gasteiger charge is 2.35. The molecule has 3 aromatic carbocycles. The van der Waals surface area contributed by atoms with Gasteiger partial charge in [0.05, 0.1) is 31.7 Å². The van der Waals surface area contributed by atoms with Crippen molar-refractivity contribution < 1.29 is 19.1 Å². The van der Waals surface area contributed by atoms with E-state index in [0.717, 1.165) is 11.1 Å². The van der Waals surface area contributed by atoms with Crippen LogP contribution in [0, 0.1) is 6.92 Å². The Hall–Kier alpha value is -5.05. The number of hydrogen-bond donors (Lipinski definition) is 3. The standard InChI is InChI=1S/C30H29N5O4/c1-18-8-7-9-21(16-18)33-29(36)23-17-31-35-27(20-12-14-22(38-3)15-13-20)26(19(2)32-28(23)35)30(37)34-24-10-5-6-11-25(24)39-4/h5-17,27,32H,1-4H3,(H,33,36)(H,34,37). The fourth-order valence-electron chi connectivity index (χ4n) is 4.67. The molecule has 3 N–H and O–H groups in total. The van der Waals surface area contributed by atoms with E-state index in [1.807, 2.05) is 74.5 Å². The number of carbonyl (C=O) groups excluding carboxylic acids is 2. The van der Waals surface area contributed by atoms with Crippen LogP contribution in [0.2, 0.25) is 0 Å². The number of ether oxygens (including phenoxy) is 2. The number of carbonyl (C=O) groups is 2. The van der Waals surface area contributed by atoms with Crippen LogP contribution in [0.4, 0.5) is 17.2 Å². The van der Waals surface area contributed by atoms with Gasteiger partial charge in [-0.25, -0.2) is 4.68 Å². The third-order valence-corrected chi connectivity index (χ3v) is 6.58. The maximum Gasteiger partial charge on any atom is 0.261 e. The molecule has 4 aromatic rings. The number of nitrogens with zero attached hydrogens (tertiary/aromatic N) is 2. The molecule has 2 amide bonds. The molecule has 1 aliphatic heterocycles. The Bertz CT molecular complexity index is 1570. The molecule has 5 rings (SSSR count). The molecule has 1 unspecified atom stereocenters. The zero-order valence-electron chi connectivity index (χ0n) is 22.1. The molecule has 0 spiro atoms. The second-order valence-electron chi connectivity index (χ2n) is 9.17. The van der Waals surface area contributed by atoms with Crippen molar-refractivity contribution in [2.45, 2.75) is 19.9 Å². The van der Waals surface area contributed by atoms with E-state index in [2.05, 4.69) is 21.0 Å². The largest absolute Gasteiger partial charge is 0.497 e. The minimum absolute atomic E-state index is 0.308. The van der Waals surface area contributed by atoms with E-state index in [0.29, 0.717) is 45.5 Å². The highest BCUT2D eigenvalue weighted by atomic mass is 16.5. The Kier molecular flexibility index (Phi) is 7.05. The van der Waals surface area contributed by atoms with Gasteiger partial charge in [-0.1, -0.05) is 36.4 Å². The fourth-order valence-corrected chi connectivity index (χ4v) is 4.67. The topological polar surface area (TPSA) is 107 Å². The van der Waals surface area contributed by atoms with Gasteiger partial charge < -0.3 is 25.4 Å². The summed E-state index contributed by atoms with van der Waals surface area (Å²) in [5.74, 6) is 1.10. The normalized spacial score (nSPS) is 14.2. The summed E-state index contributed by atoms with van der Waals surface area (Å²) < 4.78 is 12.4. The number of aromatic nitrogens is 2. The second kappa shape index (κ2) is 10.7. The summed E-state index contributed by atoms with van der Waals surface area (Å²) in [6, 6.07) is 21.6. The molecule has 0 saturated carbocycles. The van der Waals surface area contributed by atoms with Crippen LogP contribution >= 0.6 is 0 Å². The quantitative estimate of drug-likeness (QED) is 0.300. The van der Waals surface area contributed by atoms with Crippen LogP contribution in [-0.2, 0) is 4.79 Å². The molecule has 9 nitrogen and oxygen atoms in total. The summed E-state index contributed by atoms with van der Waals surface area (Å²) in [6.07, 6.45) is 1.51. The van der Waals surface area contributed by atoms with E-state index >= 15 is 0 Å². The maximum atomic E-state index is 13.8. The Balaban J connectivity index is 1.55. The summed E-state index contributed by atoms with van der Waals surface area (Å²) in [5.41, 5.74) is 4.48. The van der Waals surface area contributed by atoms with Crippen molar-refractivity contribution in [3.63, 3.8) is 0 Å². The van der Waals surface area contributed by atoms with Crippen LogP contribution in [0.25, 0.3) is 0 Å². The van der Waals surface area contributed by atoms with Gasteiger partial charge in [-0.2, -0.15) is 5.10 Å². The summed E-state index contributed by atoms with van der Waals surface area (Å²) in [5, 5.41) is 13.7. The Morgan fingerprint density at radius 1 is 0.897 bits per heavy atom. The smallest absolute Gasteiger partial charge is 0.261 e. The van der Waals surface area contributed by atoms with Crippen molar-refractivity contribution in [1.82, 2.24) is 9.78 Å². The van der Waals surface area contributed by atoms with Gasteiger partial charge in [0.1, 0.15) is 28.9 Å². The van der Waals surface area contributed by atoms with Gasteiger partial charge in [0, 0.05) is 11.4 Å². The molecule has 0 bridgehead atoms. The van der Waals surface area contributed by atoms with Crippen molar-refractivity contribution in [2.24, 2.45) is 0 Å². The Morgan fingerprint density at radius 3 is 2.38 bits per heavy atom. The SMILES string of the molecule is COc1ccc(C2C(C(=O)Nc3ccccc3OC)=C(C)Nc3c(C(=O)Nc4cccc(C)c4)cnn32)cc1. The number of aryl methyl sites for hydroxylation is 1. The number of nitrogens with one attached hydrogen (secondary N) is 3. The molecule has 1 aromatic heterocycles. The first-order chi connectivity index (χ1) is 18.9. The first-order valence-corrected chi connectivity index (χ1v) is 12.4. The zero-order chi connectivity index (χ0) is 27.5. The molecule has 1 atom stereocenters. The maximum absolute atomic E-state index is 13.8. The summed E-state index contributed by atoms with van der Waals surface area (Å²) in [7, 11) is 3.15. The number of anilines is 3. The van der Waals surface area contributed by atoms with Gasteiger partial charge in [-0.05, 0) is 61.4 Å². The van der Waals surface area contributed by atoms with Crippen molar-refractivity contribution in [3.8, 4) is 11.5 Å². The number of para-hydroxylation sites is 2. The minimum Gasteiger partial charge on any atom is -0.497 e. The highest BCUT2D eigenvalue weighted by Crippen LogP contribution is 2.39. The van der Waals surface area contributed by atoms with E-state index in [9.17, 15) is 9.59 Å². The van der Waals surface area contributed by atoms with E-state index in [1.165, 1.54) is 6.20 Å². The number of hydrogen-bond acceptors (Lipinski definition) is 6. The van der Waals surface area contributed by atoms with Gasteiger partial charge >= 0.3 is 0 Å². The number of benzene rings is 3. The van der Waals surface area contributed by atoms with E-state index in [1.54, 1.807) is 31.0 Å². The van der Waals surface area contributed by atoms with Gasteiger partial charge in [0.2, 0.25) is 0 Å². The second-order valence-corrected chi connectivity index (χ2v) is 9.17. The first-order valence-electron chi connectivity index (χ1n) is 12.4. The Morgan fingerprint density at radius 2 is 1.67 bits per heavy atom. The molecule has 0 fully saturated rings. The molecular weight excluding hydrogens is 494 g/mol. The number of fused-ring (bicyclic) bond motifs is 1. The molecule has 0 aliphatic carbocycles. The monoisotopic (exact) mass is 523 g/mol. The number of amides is 2. The lowest BCUT2D eigenvalue weighted by Crippen LogP contribution is -2.32. The van der Waals surface area contributed by atoms with Crippen LogP contribution in [0.5, 0.6) is 11.5 Å². The van der Waals surface area contributed by atoms with Crippen LogP contribution < -0.4 is 25.4 Å². The highest BCUT2D eigenvalue weighted by molar-refractivity contribution is 6.09. The molecular formula is C30H29N5O4. The third kappa shape index (κ3) is 5.06. The van der Waals surface area contributed by atoms with Crippen LogP contribution in [0.3, 0.4) is 0 Å². The number of methoxy groups -OCH3 is 2. The van der Waals surface area contributed by atoms with Crippen molar-refractivity contribution >= 4 is 29.0 Å². The van der Waals surface area contributed by atoms with Crippen LogP contribution in [0.15, 0.2) is 90.3 Å². The summed E-state index contributed by atoms with van der Waals surface area (Å²) >= 11 is 0. The number of rotatable bonds is 7. The van der Waals surface area contributed by atoms with Crippen molar-refractivity contribution in [1.29, 1.82) is 0 Å². The lowest BCUT2D eigenvalue weighted by Gasteiger charge is -2.30. The van der Waals surface area contributed by atoms with Gasteiger partial charge in [-0.15, -0.1) is 0 Å². The molecule has 0 radical (unpaired) electrons. The van der Waals surface area contributed by atoms with Gasteiger partial charge in [0.25, 0.3) is 11.8 Å². The zero-order valence-corrected chi connectivity index (χ0v) is 22.1. The summed E-state index contributed by atoms with van der Waals surface area (Å²) in [6.45, 7) is 3.77. The molecule has 198 valence electrons. The molecule has 2 heterocycles. The molecule has 0 saturated heterocycles. The van der Waals surface area contributed by atoms with Gasteiger partial charge in [0.15, 0.2) is 0 Å². The first kappa shape index (κ1) is 25.6. The molecule has 9 heteroatoms. The van der Waals surface area contributed by atoms with E-state index < -0.39 is 6.04 Å². The summed E-state index contributed by atoms with van der Waals surface area (Å²) in [4.78, 5) is 27.1. The lowest BCUT2D eigenvalue weighted by molar-refractivity contribution is -0.113. The average molecular weight is 524 g/mol. The van der Waals surface area contributed by atoms with E-state index in [-0.39, 0.29) is 11.8 Å². The van der Waals surface area contributed by atoms with E-state index in [4.69, 9.17) is 9.47 Å². The average Bonchev–Trinajstić information content (AvgIpc) is 3.36. The Labute approximate surface area is 226 Å². The third-order valence-electron chi connectivity index (χ3n) is 6.58. The van der Waals surface area contributed by atoms with Crippen molar-refractivity contribution in [3.05, 3.63) is 107 Å². The predicted octanol–water partition coefficient (Wildman–Crippen LogP) is 5.39. The van der Waals surface area contributed by atoms with Gasteiger partial charge in [-0.3, -0.25) is 9.59 Å². The number of allylic oxidation sites excluding steroid dienone is 1. The van der Waals surface area contributed by atoms with Crippen LogP contribution in [0.1, 0.15) is 34.5 Å². The predicted molar refractivity (Wildman–Crippen MR) is 150 cm³/mol. The molecule has 39 heavy (non-hydrogen) atoms. The fraction of sp³-hybridized carbons (Fsp3) is 0.167. The lowest BCUT2D eigenvalue weighted by atomic mass is 9.94. The van der Waals surface area contributed by atoms with Crippen molar-refractivity contribution in [2.75, 3.05) is 30.2 Å².